The minimum absolute atomic E-state index is 0.281. The molecule has 0 saturated carbocycles. The lowest BCUT2D eigenvalue weighted by atomic mass is 10.3. The van der Waals surface area contributed by atoms with Gasteiger partial charge in [0.15, 0.2) is 0 Å². The van der Waals surface area contributed by atoms with E-state index in [0.717, 1.165) is 5.56 Å². The van der Waals surface area contributed by atoms with E-state index in [0.29, 0.717) is 29.9 Å². The Hall–Kier alpha value is -0.730. The van der Waals surface area contributed by atoms with Crippen LogP contribution in [0.1, 0.15) is 19.4 Å². The van der Waals surface area contributed by atoms with Gasteiger partial charge < -0.3 is 10.1 Å². The van der Waals surface area contributed by atoms with E-state index >= 15 is 0 Å². The SMILES string of the molecule is C=CCN(CCOC)S(=O)(=O)c1cc(CNC(C)C)cs1. The molecule has 1 rings (SSSR count). The van der Waals surface area contributed by atoms with Gasteiger partial charge in [0.1, 0.15) is 4.21 Å². The van der Waals surface area contributed by atoms with Crippen molar-refractivity contribution < 1.29 is 13.2 Å². The Balaban J connectivity index is 2.86. The number of thiophene rings is 1. The van der Waals surface area contributed by atoms with Crippen molar-refractivity contribution in [3.63, 3.8) is 0 Å². The van der Waals surface area contributed by atoms with Gasteiger partial charge >= 0.3 is 0 Å². The second-order valence-corrected chi connectivity index (χ2v) is 8.03. The maximum Gasteiger partial charge on any atom is 0.252 e. The average molecular weight is 332 g/mol. The lowest BCUT2D eigenvalue weighted by molar-refractivity contribution is 0.182. The molecule has 0 fully saturated rings. The van der Waals surface area contributed by atoms with E-state index in [9.17, 15) is 8.42 Å². The van der Waals surface area contributed by atoms with E-state index in [4.69, 9.17) is 4.74 Å². The zero-order chi connectivity index (χ0) is 15.9. The van der Waals surface area contributed by atoms with Crippen LogP contribution in [0, 0.1) is 0 Å². The molecule has 120 valence electrons. The number of hydrogen-bond acceptors (Lipinski definition) is 5. The van der Waals surface area contributed by atoms with E-state index in [1.807, 2.05) is 5.38 Å². The topological polar surface area (TPSA) is 58.6 Å². The summed E-state index contributed by atoms with van der Waals surface area (Å²) in [4.78, 5) is 0. The predicted molar refractivity (Wildman–Crippen MR) is 87.1 cm³/mol. The Labute approximate surface area is 131 Å². The monoisotopic (exact) mass is 332 g/mol. The van der Waals surface area contributed by atoms with Gasteiger partial charge in [0.25, 0.3) is 10.0 Å². The molecule has 1 N–H and O–H groups in total. The van der Waals surface area contributed by atoms with Crippen LogP contribution in [-0.2, 0) is 21.3 Å². The molecule has 0 aliphatic carbocycles. The van der Waals surface area contributed by atoms with E-state index in [1.54, 1.807) is 19.3 Å². The Morgan fingerprint density at radius 2 is 2.24 bits per heavy atom. The maximum absolute atomic E-state index is 12.6. The highest BCUT2D eigenvalue weighted by molar-refractivity contribution is 7.91. The molecule has 1 aromatic rings. The fourth-order valence-corrected chi connectivity index (χ4v) is 4.43. The van der Waals surface area contributed by atoms with Crippen LogP contribution < -0.4 is 5.32 Å². The van der Waals surface area contributed by atoms with E-state index in [-0.39, 0.29) is 6.54 Å². The molecule has 0 unspecified atom stereocenters. The van der Waals surface area contributed by atoms with Gasteiger partial charge in [-0.3, -0.25) is 0 Å². The number of hydrogen-bond donors (Lipinski definition) is 1. The Kier molecular flexibility index (Phi) is 7.55. The Morgan fingerprint density at radius 3 is 2.81 bits per heavy atom. The first-order chi connectivity index (χ1) is 9.91. The van der Waals surface area contributed by atoms with Crippen LogP contribution >= 0.6 is 11.3 Å². The molecule has 0 bridgehead atoms. The molecule has 21 heavy (non-hydrogen) atoms. The molecular weight excluding hydrogens is 308 g/mol. The fraction of sp³-hybridized carbons (Fsp3) is 0.571. The van der Waals surface area contributed by atoms with Crippen molar-refractivity contribution in [2.45, 2.75) is 30.6 Å². The highest BCUT2D eigenvalue weighted by Crippen LogP contribution is 2.24. The van der Waals surface area contributed by atoms with Crippen LogP contribution in [0.5, 0.6) is 0 Å². The first-order valence-corrected chi connectivity index (χ1v) is 9.14. The van der Waals surface area contributed by atoms with Crippen LogP contribution in [0.25, 0.3) is 0 Å². The summed E-state index contributed by atoms with van der Waals surface area (Å²) in [6, 6.07) is 2.10. The molecule has 1 heterocycles. The second kappa shape index (κ2) is 8.65. The van der Waals surface area contributed by atoms with Gasteiger partial charge in [-0.05, 0) is 17.0 Å². The molecule has 0 aromatic carbocycles. The highest BCUT2D eigenvalue weighted by atomic mass is 32.2. The van der Waals surface area contributed by atoms with Gasteiger partial charge in [-0.25, -0.2) is 8.42 Å². The maximum atomic E-state index is 12.6. The van der Waals surface area contributed by atoms with Crippen molar-refractivity contribution in [2.24, 2.45) is 0 Å². The summed E-state index contributed by atoms with van der Waals surface area (Å²) in [6.45, 7) is 9.36. The molecule has 0 amide bonds. The van der Waals surface area contributed by atoms with Crippen LogP contribution in [-0.4, -0.2) is 45.6 Å². The second-order valence-electron chi connectivity index (χ2n) is 4.95. The lowest BCUT2D eigenvalue weighted by Gasteiger charge is -2.19. The number of sulfonamides is 1. The van der Waals surface area contributed by atoms with Crippen molar-refractivity contribution in [1.82, 2.24) is 9.62 Å². The Bertz CT molecular complexity index is 538. The molecule has 5 nitrogen and oxygen atoms in total. The standard InChI is InChI=1S/C14H24N2O3S2/c1-5-6-16(7-8-19-4)21(17,18)14-9-13(11-20-14)10-15-12(2)3/h5,9,11-12,15H,1,6-8,10H2,2-4H3. The summed E-state index contributed by atoms with van der Waals surface area (Å²) in [6.07, 6.45) is 1.59. The summed E-state index contributed by atoms with van der Waals surface area (Å²) in [5.41, 5.74) is 0.984. The van der Waals surface area contributed by atoms with Crippen LogP contribution in [0.3, 0.4) is 0 Å². The average Bonchev–Trinajstić information content (AvgIpc) is 2.90. The number of ether oxygens (including phenoxy) is 1. The third-order valence-corrected chi connectivity index (χ3v) is 6.14. The number of rotatable bonds is 10. The van der Waals surface area contributed by atoms with Crippen LogP contribution in [0.15, 0.2) is 28.3 Å². The molecular formula is C14H24N2O3S2. The molecule has 0 saturated heterocycles. The first kappa shape index (κ1) is 18.3. The normalized spacial score (nSPS) is 12.2. The van der Waals surface area contributed by atoms with Gasteiger partial charge in [0.05, 0.1) is 6.61 Å². The zero-order valence-corrected chi connectivity index (χ0v) is 14.5. The van der Waals surface area contributed by atoms with Gasteiger partial charge in [0, 0.05) is 32.8 Å². The smallest absolute Gasteiger partial charge is 0.252 e. The fourth-order valence-electron chi connectivity index (χ4n) is 1.68. The molecule has 0 atom stereocenters. The van der Waals surface area contributed by atoms with Crippen molar-refractivity contribution in [3.8, 4) is 0 Å². The molecule has 0 aliphatic rings. The van der Waals surface area contributed by atoms with E-state index in [2.05, 4.69) is 25.7 Å². The van der Waals surface area contributed by atoms with Gasteiger partial charge in [0.2, 0.25) is 0 Å². The van der Waals surface area contributed by atoms with Gasteiger partial charge in [-0.15, -0.1) is 17.9 Å². The van der Waals surface area contributed by atoms with E-state index < -0.39 is 10.0 Å². The van der Waals surface area contributed by atoms with Crippen LogP contribution in [0.2, 0.25) is 0 Å². The highest BCUT2D eigenvalue weighted by Gasteiger charge is 2.24. The number of nitrogens with zero attached hydrogens (tertiary/aromatic N) is 1. The quantitative estimate of drug-likeness (QED) is 0.667. The van der Waals surface area contributed by atoms with Crippen molar-refractivity contribution in [3.05, 3.63) is 29.7 Å². The zero-order valence-electron chi connectivity index (χ0n) is 12.8. The Morgan fingerprint density at radius 1 is 1.52 bits per heavy atom. The summed E-state index contributed by atoms with van der Waals surface area (Å²) >= 11 is 1.25. The molecule has 7 heteroatoms. The number of nitrogens with one attached hydrogen (secondary N) is 1. The molecule has 0 spiro atoms. The van der Waals surface area contributed by atoms with Crippen molar-refractivity contribution in [1.29, 1.82) is 0 Å². The lowest BCUT2D eigenvalue weighted by Crippen LogP contribution is -2.33. The first-order valence-electron chi connectivity index (χ1n) is 6.82. The number of methoxy groups -OCH3 is 1. The summed E-state index contributed by atoms with van der Waals surface area (Å²) < 4.78 is 31.9. The van der Waals surface area contributed by atoms with Crippen molar-refractivity contribution in [2.75, 3.05) is 26.8 Å². The third-order valence-electron chi connectivity index (χ3n) is 2.82. The minimum Gasteiger partial charge on any atom is -0.383 e. The molecule has 0 aliphatic heterocycles. The molecule has 0 radical (unpaired) electrons. The summed E-state index contributed by atoms with van der Waals surface area (Å²) in [5.74, 6) is 0. The third kappa shape index (κ3) is 5.52. The summed E-state index contributed by atoms with van der Waals surface area (Å²) in [5, 5.41) is 5.16. The predicted octanol–water partition coefficient (Wildman–Crippen LogP) is 2.07. The minimum atomic E-state index is -3.48. The van der Waals surface area contributed by atoms with Gasteiger partial charge in [-0.1, -0.05) is 19.9 Å². The van der Waals surface area contributed by atoms with E-state index in [1.165, 1.54) is 15.6 Å². The molecule has 1 aromatic heterocycles. The largest absolute Gasteiger partial charge is 0.383 e. The summed E-state index contributed by atoms with van der Waals surface area (Å²) in [7, 11) is -1.93. The van der Waals surface area contributed by atoms with Crippen molar-refractivity contribution >= 4 is 21.4 Å². The van der Waals surface area contributed by atoms with Crippen LogP contribution in [0.4, 0.5) is 0 Å². The van der Waals surface area contributed by atoms with Gasteiger partial charge in [-0.2, -0.15) is 4.31 Å².